The number of fused-ring (bicyclic) bond motifs is 2. The lowest BCUT2D eigenvalue weighted by molar-refractivity contribution is 0.411. The van der Waals surface area contributed by atoms with Crippen molar-refractivity contribution in [3.8, 4) is 11.1 Å². The molecule has 1 aromatic carbocycles. The fraction of sp³-hybridized carbons (Fsp3) is 0.471. The summed E-state index contributed by atoms with van der Waals surface area (Å²) in [6.07, 6.45) is 5.47. The molecular formula is C17H20BrN3. The molecule has 2 aromatic rings. The summed E-state index contributed by atoms with van der Waals surface area (Å²) in [6, 6.07) is 8.42. The average molecular weight is 346 g/mol. The van der Waals surface area contributed by atoms with Gasteiger partial charge in [0.05, 0.1) is 5.69 Å². The number of nitrogen functional groups attached to an aromatic ring is 1. The highest BCUT2D eigenvalue weighted by atomic mass is 79.9. The number of aromatic nitrogens is 2. The Morgan fingerprint density at radius 1 is 1.19 bits per heavy atom. The normalized spacial score (nSPS) is 27.4. The fourth-order valence-electron chi connectivity index (χ4n) is 4.31. The van der Waals surface area contributed by atoms with Crippen molar-refractivity contribution >= 4 is 21.7 Å². The molecule has 3 unspecified atom stereocenters. The third kappa shape index (κ3) is 2.11. The van der Waals surface area contributed by atoms with E-state index in [0.29, 0.717) is 5.92 Å². The van der Waals surface area contributed by atoms with Gasteiger partial charge in [0.1, 0.15) is 5.82 Å². The number of halogens is 1. The second kappa shape index (κ2) is 4.87. The standard InChI is InChI=1S/C17H20BrN3/c1-21-17(19)15(11-4-6-13(18)7-5-11)16(20-21)14-9-10-2-3-12(14)8-10/h4-7,10,12,14H,2-3,8-9,19H2,1H3. The van der Waals surface area contributed by atoms with Crippen molar-refractivity contribution in [3.05, 3.63) is 34.4 Å². The lowest BCUT2D eigenvalue weighted by atomic mass is 9.84. The summed E-state index contributed by atoms with van der Waals surface area (Å²) >= 11 is 3.50. The van der Waals surface area contributed by atoms with Gasteiger partial charge in [0.15, 0.2) is 0 Å². The van der Waals surface area contributed by atoms with E-state index in [2.05, 4.69) is 40.2 Å². The van der Waals surface area contributed by atoms with Gasteiger partial charge >= 0.3 is 0 Å². The molecule has 2 saturated carbocycles. The summed E-state index contributed by atoms with van der Waals surface area (Å²) in [6.45, 7) is 0. The molecule has 2 bridgehead atoms. The second-order valence-corrected chi connectivity index (χ2v) is 7.47. The van der Waals surface area contributed by atoms with Gasteiger partial charge in [-0.3, -0.25) is 4.68 Å². The van der Waals surface area contributed by atoms with E-state index in [9.17, 15) is 0 Å². The van der Waals surface area contributed by atoms with Crippen LogP contribution < -0.4 is 5.73 Å². The molecule has 2 N–H and O–H groups in total. The topological polar surface area (TPSA) is 43.8 Å². The number of benzene rings is 1. The van der Waals surface area contributed by atoms with Gasteiger partial charge in [-0.15, -0.1) is 0 Å². The van der Waals surface area contributed by atoms with E-state index in [-0.39, 0.29) is 0 Å². The summed E-state index contributed by atoms with van der Waals surface area (Å²) in [4.78, 5) is 0. The van der Waals surface area contributed by atoms with Crippen molar-refractivity contribution < 1.29 is 0 Å². The maximum Gasteiger partial charge on any atom is 0.129 e. The van der Waals surface area contributed by atoms with Gasteiger partial charge in [0.2, 0.25) is 0 Å². The molecular weight excluding hydrogens is 326 g/mol. The number of rotatable bonds is 2. The van der Waals surface area contributed by atoms with E-state index in [0.717, 1.165) is 27.7 Å². The van der Waals surface area contributed by atoms with Crippen LogP contribution in [0.4, 0.5) is 5.82 Å². The second-order valence-electron chi connectivity index (χ2n) is 6.56. The first kappa shape index (κ1) is 13.4. The molecule has 3 atom stereocenters. The number of hydrogen-bond donors (Lipinski definition) is 1. The molecule has 3 nitrogen and oxygen atoms in total. The van der Waals surface area contributed by atoms with Gasteiger partial charge in [-0.25, -0.2) is 0 Å². The Balaban J connectivity index is 1.81. The molecule has 110 valence electrons. The van der Waals surface area contributed by atoms with Crippen molar-refractivity contribution in [2.45, 2.75) is 31.6 Å². The largest absolute Gasteiger partial charge is 0.383 e. The smallest absolute Gasteiger partial charge is 0.129 e. The highest BCUT2D eigenvalue weighted by molar-refractivity contribution is 9.10. The van der Waals surface area contributed by atoms with Gasteiger partial charge in [0, 0.05) is 23.0 Å². The average Bonchev–Trinajstić information content (AvgIpc) is 3.16. The first-order valence-corrected chi connectivity index (χ1v) is 8.51. The minimum atomic E-state index is 0.603. The van der Waals surface area contributed by atoms with Crippen LogP contribution in [0.25, 0.3) is 11.1 Å². The number of anilines is 1. The maximum atomic E-state index is 6.33. The van der Waals surface area contributed by atoms with Gasteiger partial charge in [-0.2, -0.15) is 5.10 Å². The van der Waals surface area contributed by atoms with Gasteiger partial charge in [-0.1, -0.05) is 34.5 Å². The van der Waals surface area contributed by atoms with Crippen LogP contribution in [0, 0.1) is 11.8 Å². The van der Waals surface area contributed by atoms with Crippen molar-refractivity contribution in [1.82, 2.24) is 9.78 Å². The van der Waals surface area contributed by atoms with Crippen LogP contribution in [0.3, 0.4) is 0 Å². The number of hydrogen-bond acceptors (Lipinski definition) is 2. The minimum absolute atomic E-state index is 0.603. The highest BCUT2D eigenvalue weighted by Crippen LogP contribution is 2.54. The lowest BCUT2D eigenvalue weighted by Crippen LogP contribution is -2.10. The van der Waals surface area contributed by atoms with Crippen LogP contribution >= 0.6 is 15.9 Å². The van der Waals surface area contributed by atoms with Gasteiger partial charge in [0.25, 0.3) is 0 Å². The van der Waals surface area contributed by atoms with Gasteiger partial charge < -0.3 is 5.73 Å². The predicted molar refractivity (Wildman–Crippen MR) is 88.9 cm³/mol. The fourth-order valence-corrected chi connectivity index (χ4v) is 4.57. The van der Waals surface area contributed by atoms with Crippen LogP contribution in [0.2, 0.25) is 0 Å². The molecule has 0 spiro atoms. The molecule has 2 aliphatic rings. The van der Waals surface area contributed by atoms with E-state index in [1.54, 1.807) is 0 Å². The first-order valence-electron chi connectivity index (χ1n) is 7.71. The summed E-state index contributed by atoms with van der Waals surface area (Å²) in [5.74, 6) is 3.13. The third-order valence-electron chi connectivity index (χ3n) is 5.34. The Morgan fingerprint density at radius 3 is 2.57 bits per heavy atom. The lowest BCUT2D eigenvalue weighted by Gasteiger charge is -2.21. The summed E-state index contributed by atoms with van der Waals surface area (Å²) in [7, 11) is 1.95. The zero-order valence-corrected chi connectivity index (χ0v) is 13.8. The Kier molecular flexibility index (Phi) is 3.10. The first-order chi connectivity index (χ1) is 10.1. The molecule has 1 aromatic heterocycles. The predicted octanol–water partition coefficient (Wildman–Crippen LogP) is 4.34. The van der Waals surface area contributed by atoms with E-state index in [1.165, 1.54) is 36.9 Å². The van der Waals surface area contributed by atoms with Crippen molar-refractivity contribution in [1.29, 1.82) is 0 Å². The Hall–Kier alpha value is -1.29. The Bertz CT molecular complexity index is 674. The Labute approximate surface area is 133 Å². The molecule has 0 aliphatic heterocycles. The molecule has 4 heteroatoms. The molecule has 21 heavy (non-hydrogen) atoms. The number of nitrogens with two attached hydrogens (primary N) is 1. The summed E-state index contributed by atoms with van der Waals surface area (Å²) < 4.78 is 2.94. The number of nitrogens with zero attached hydrogens (tertiary/aromatic N) is 2. The Morgan fingerprint density at radius 2 is 1.95 bits per heavy atom. The quantitative estimate of drug-likeness (QED) is 0.879. The molecule has 0 amide bonds. The van der Waals surface area contributed by atoms with Crippen LogP contribution in [-0.4, -0.2) is 9.78 Å². The molecule has 2 fully saturated rings. The van der Waals surface area contributed by atoms with Crippen LogP contribution in [0.5, 0.6) is 0 Å². The van der Waals surface area contributed by atoms with E-state index >= 15 is 0 Å². The SMILES string of the molecule is Cn1nc(C2CC3CCC2C3)c(-c2ccc(Br)cc2)c1N. The summed E-state index contributed by atoms with van der Waals surface area (Å²) in [5, 5.41) is 4.79. The molecule has 0 saturated heterocycles. The van der Waals surface area contributed by atoms with Crippen molar-refractivity contribution in [2.24, 2.45) is 18.9 Å². The van der Waals surface area contributed by atoms with E-state index in [1.807, 2.05) is 11.7 Å². The monoisotopic (exact) mass is 345 g/mol. The van der Waals surface area contributed by atoms with Crippen LogP contribution in [-0.2, 0) is 7.05 Å². The minimum Gasteiger partial charge on any atom is -0.383 e. The third-order valence-corrected chi connectivity index (χ3v) is 5.87. The molecule has 2 aliphatic carbocycles. The molecule has 4 rings (SSSR count). The van der Waals surface area contributed by atoms with E-state index < -0.39 is 0 Å². The van der Waals surface area contributed by atoms with Crippen molar-refractivity contribution in [3.63, 3.8) is 0 Å². The van der Waals surface area contributed by atoms with Gasteiger partial charge in [-0.05, 0) is 48.8 Å². The van der Waals surface area contributed by atoms with Crippen molar-refractivity contribution in [2.75, 3.05) is 5.73 Å². The van der Waals surface area contributed by atoms with E-state index in [4.69, 9.17) is 10.8 Å². The highest BCUT2D eigenvalue weighted by Gasteiger charge is 2.42. The molecule has 0 radical (unpaired) electrons. The zero-order valence-electron chi connectivity index (χ0n) is 12.2. The van der Waals surface area contributed by atoms with Crippen LogP contribution in [0.15, 0.2) is 28.7 Å². The van der Waals surface area contributed by atoms with Crippen LogP contribution in [0.1, 0.15) is 37.3 Å². The number of aryl methyl sites for hydroxylation is 1. The zero-order chi connectivity index (χ0) is 14.6. The molecule has 1 heterocycles. The summed E-state index contributed by atoms with van der Waals surface area (Å²) in [5.41, 5.74) is 9.89. The maximum absolute atomic E-state index is 6.33.